The molecular weight excluding hydrogens is 334 g/mol. The highest BCUT2D eigenvalue weighted by molar-refractivity contribution is 5.90. The first-order valence-corrected chi connectivity index (χ1v) is 8.39. The van der Waals surface area contributed by atoms with Gasteiger partial charge in [-0.05, 0) is 17.5 Å². The Labute approximate surface area is 152 Å². The minimum Gasteiger partial charge on any atom is -0.394 e. The molecule has 0 aromatic heterocycles. The van der Waals surface area contributed by atoms with Gasteiger partial charge in [0.2, 0.25) is 0 Å². The van der Waals surface area contributed by atoms with Crippen LogP contribution in [-0.4, -0.2) is 33.6 Å². The number of carbonyl (C=O) groups excluding carboxylic acids is 1. The minimum absolute atomic E-state index is 0.0413. The summed E-state index contributed by atoms with van der Waals surface area (Å²) in [5.41, 5.74) is 1.17. The molecule has 7 nitrogen and oxygen atoms in total. The lowest BCUT2D eigenvalue weighted by Crippen LogP contribution is -2.47. The average Bonchev–Trinajstić information content (AvgIpc) is 2.62. The van der Waals surface area contributed by atoms with E-state index in [0.29, 0.717) is 12.2 Å². The number of nitro groups is 1. The minimum atomic E-state index is -0.512. The quantitative estimate of drug-likeness (QED) is 0.584. The molecular formula is C19H23N3O4. The summed E-state index contributed by atoms with van der Waals surface area (Å²) in [5, 5.41) is 23.4. The van der Waals surface area contributed by atoms with E-state index in [1.807, 2.05) is 44.2 Å². The van der Waals surface area contributed by atoms with Crippen molar-refractivity contribution in [3.8, 4) is 0 Å². The molecule has 26 heavy (non-hydrogen) atoms. The Bertz CT molecular complexity index is 749. The van der Waals surface area contributed by atoms with Crippen LogP contribution < -0.4 is 5.32 Å². The van der Waals surface area contributed by atoms with Crippen molar-refractivity contribution >= 4 is 17.4 Å². The second-order valence-electron chi connectivity index (χ2n) is 6.35. The zero-order valence-corrected chi connectivity index (χ0v) is 14.8. The SMILES string of the molecule is CC(C)[C@H](CO)N(Cc1ccccc1)C(=O)Nc1cccc([N+](=O)[O-])c1. The molecule has 2 aromatic rings. The molecule has 138 valence electrons. The molecule has 2 amide bonds. The molecule has 1 atom stereocenters. The lowest BCUT2D eigenvalue weighted by Gasteiger charge is -2.33. The van der Waals surface area contributed by atoms with Gasteiger partial charge in [0.05, 0.1) is 17.6 Å². The lowest BCUT2D eigenvalue weighted by atomic mass is 10.0. The van der Waals surface area contributed by atoms with E-state index < -0.39 is 11.0 Å². The van der Waals surface area contributed by atoms with Crippen LogP contribution in [0.25, 0.3) is 0 Å². The molecule has 0 radical (unpaired) electrons. The van der Waals surface area contributed by atoms with Crippen LogP contribution in [0.15, 0.2) is 54.6 Å². The third-order valence-electron chi connectivity index (χ3n) is 4.12. The molecule has 0 fully saturated rings. The molecule has 7 heteroatoms. The van der Waals surface area contributed by atoms with Gasteiger partial charge in [0.15, 0.2) is 0 Å². The number of amides is 2. The standard InChI is InChI=1S/C19H23N3O4/c1-14(2)18(13-23)21(12-15-7-4-3-5-8-15)19(24)20-16-9-6-10-17(11-16)22(25)26/h3-11,14,18,23H,12-13H2,1-2H3,(H,20,24)/t18-/m0/s1. The van der Waals surface area contributed by atoms with E-state index in [4.69, 9.17) is 0 Å². The van der Waals surface area contributed by atoms with Crippen molar-refractivity contribution < 1.29 is 14.8 Å². The van der Waals surface area contributed by atoms with Crippen molar-refractivity contribution in [3.63, 3.8) is 0 Å². The van der Waals surface area contributed by atoms with Crippen molar-refractivity contribution in [3.05, 3.63) is 70.3 Å². The van der Waals surface area contributed by atoms with Crippen molar-refractivity contribution in [1.29, 1.82) is 0 Å². The van der Waals surface area contributed by atoms with E-state index >= 15 is 0 Å². The number of nitrogens with one attached hydrogen (secondary N) is 1. The van der Waals surface area contributed by atoms with E-state index in [1.54, 1.807) is 11.0 Å². The first kappa shape index (κ1) is 19.4. The zero-order chi connectivity index (χ0) is 19.1. The summed E-state index contributed by atoms with van der Waals surface area (Å²) in [6, 6.07) is 14.5. The fourth-order valence-corrected chi connectivity index (χ4v) is 2.68. The number of nitro benzene ring substituents is 1. The number of hydrogen-bond donors (Lipinski definition) is 2. The molecule has 0 aliphatic carbocycles. The maximum atomic E-state index is 12.8. The molecule has 0 aliphatic heterocycles. The normalized spacial score (nSPS) is 11.8. The van der Waals surface area contributed by atoms with Crippen molar-refractivity contribution in [1.82, 2.24) is 4.90 Å². The van der Waals surface area contributed by atoms with Crippen LogP contribution in [0.5, 0.6) is 0 Å². The number of hydrogen-bond acceptors (Lipinski definition) is 4. The number of aliphatic hydroxyl groups excluding tert-OH is 1. The monoisotopic (exact) mass is 357 g/mol. The van der Waals surface area contributed by atoms with Crippen LogP contribution in [-0.2, 0) is 6.54 Å². The van der Waals surface area contributed by atoms with Crippen molar-refractivity contribution in [2.45, 2.75) is 26.4 Å². The molecule has 0 saturated carbocycles. The average molecular weight is 357 g/mol. The maximum absolute atomic E-state index is 12.8. The van der Waals surface area contributed by atoms with E-state index in [0.717, 1.165) is 5.56 Å². The fraction of sp³-hybridized carbons (Fsp3) is 0.316. The number of urea groups is 1. The molecule has 0 saturated heterocycles. The zero-order valence-electron chi connectivity index (χ0n) is 14.8. The number of rotatable bonds is 7. The molecule has 0 spiro atoms. The van der Waals surface area contributed by atoms with Gasteiger partial charge in [-0.2, -0.15) is 0 Å². The smallest absolute Gasteiger partial charge is 0.322 e. The van der Waals surface area contributed by atoms with Crippen LogP contribution in [0.2, 0.25) is 0 Å². The number of carbonyl (C=O) groups is 1. The molecule has 2 rings (SSSR count). The fourth-order valence-electron chi connectivity index (χ4n) is 2.68. The van der Waals surface area contributed by atoms with E-state index in [1.165, 1.54) is 18.2 Å². The Kier molecular flexibility index (Phi) is 6.68. The van der Waals surface area contributed by atoms with Crippen LogP contribution in [0.3, 0.4) is 0 Å². The summed E-state index contributed by atoms with van der Waals surface area (Å²) in [6.07, 6.45) is 0. The highest BCUT2D eigenvalue weighted by Gasteiger charge is 2.26. The summed E-state index contributed by atoms with van der Waals surface area (Å²) < 4.78 is 0. The largest absolute Gasteiger partial charge is 0.394 e. The lowest BCUT2D eigenvalue weighted by molar-refractivity contribution is -0.384. The topological polar surface area (TPSA) is 95.7 Å². The maximum Gasteiger partial charge on any atom is 0.322 e. The molecule has 0 aliphatic rings. The highest BCUT2D eigenvalue weighted by Crippen LogP contribution is 2.20. The van der Waals surface area contributed by atoms with Gasteiger partial charge >= 0.3 is 6.03 Å². The van der Waals surface area contributed by atoms with Gasteiger partial charge in [-0.3, -0.25) is 10.1 Å². The van der Waals surface area contributed by atoms with Gasteiger partial charge in [0, 0.05) is 24.4 Å². The Morgan fingerprint density at radius 2 is 1.88 bits per heavy atom. The first-order chi connectivity index (χ1) is 12.4. The first-order valence-electron chi connectivity index (χ1n) is 8.39. The van der Waals surface area contributed by atoms with Gasteiger partial charge in [0.25, 0.3) is 5.69 Å². The van der Waals surface area contributed by atoms with E-state index in [9.17, 15) is 20.0 Å². The Morgan fingerprint density at radius 1 is 1.19 bits per heavy atom. The number of anilines is 1. The van der Waals surface area contributed by atoms with Crippen LogP contribution in [0.4, 0.5) is 16.2 Å². The Morgan fingerprint density at radius 3 is 2.46 bits per heavy atom. The van der Waals surface area contributed by atoms with Gasteiger partial charge in [-0.1, -0.05) is 50.2 Å². The van der Waals surface area contributed by atoms with Crippen LogP contribution >= 0.6 is 0 Å². The molecule has 0 bridgehead atoms. The molecule has 2 aromatic carbocycles. The van der Waals surface area contributed by atoms with E-state index in [-0.39, 0.29) is 24.3 Å². The predicted octanol–water partition coefficient (Wildman–Crippen LogP) is 3.65. The second kappa shape index (κ2) is 8.96. The molecule has 2 N–H and O–H groups in total. The predicted molar refractivity (Wildman–Crippen MR) is 99.8 cm³/mol. The second-order valence-corrected chi connectivity index (χ2v) is 6.35. The number of aliphatic hydroxyl groups is 1. The van der Waals surface area contributed by atoms with Gasteiger partial charge < -0.3 is 15.3 Å². The van der Waals surface area contributed by atoms with Gasteiger partial charge in [-0.25, -0.2) is 4.79 Å². The summed E-state index contributed by atoms with van der Waals surface area (Å²) in [5.74, 6) is 0.0413. The van der Waals surface area contributed by atoms with Gasteiger partial charge in [-0.15, -0.1) is 0 Å². The summed E-state index contributed by atoms with van der Waals surface area (Å²) >= 11 is 0. The Hall–Kier alpha value is -2.93. The summed E-state index contributed by atoms with van der Waals surface area (Å²) in [7, 11) is 0. The van der Waals surface area contributed by atoms with Crippen LogP contribution in [0.1, 0.15) is 19.4 Å². The summed E-state index contributed by atoms with van der Waals surface area (Å²) in [6.45, 7) is 4.01. The van der Waals surface area contributed by atoms with E-state index in [2.05, 4.69) is 5.32 Å². The molecule has 0 unspecified atom stereocenters. The number of nitrogens with zero attached hydrogens (tertiary/aromatic N) is 2. The number of non-ortho nitro benzene ring substituents is 1. The third kappa shape index (κ3) is 5.03. The number of benzene rings is 2. The summed E-state index contributed by atoms with van der Waals surface area (Å²) in [4.78, 5) is 24.8. The van der Waals surface area contributed by atoms with Crippen molar-refractivity contribution in [2.75, 3.05) is 11.9 Å². The molecule has 0 heterocycles. The van der Waals surface area contributed by atoms with Crippen LogP contribution in [0, 0.1) is 16.0 Å². The highest BCUT2D eigenvalue weighted by atomic mass is 16.6. The van der Waals surface area contributed by atoms with Gasteiger partial charge in [0.1, 0.15) is 0 Å². The third-order valence-corrected chi connectivity index (χ3v) is 4.12. The Balaban J connectivity index is 2.24. The van der Waals surface area contributed by atoms with Crippen molar-refractivity contribution in [2.24, 2.45) is 5.92 Å².